The maximum absolute atomic E-state index is 13.3. The highest BCUT2D eigenvalue weighted by atomic mass is 16.3. The molecule has 29 heavy (non-hydrogen) atoms. The molecule has 0 amide bonds. The van der Waals surface area contributed by atoms with Crippen molar-refractivity contribution in [3.05, 3.63) is 30.1 Å². The summed E-state index contributed by atoms with van der Waals surface area (Å²) < 4.78 is 0. The van der Waals surface area contributed by atoms with E-state index in [0.717, 1.165) is 54.4 Å². The van der Waals surface area contributed by atoms with Gasteiger partial charge in [0.25, 0.3) is 0 Å². The van der Waals surface area contributed by atoms with Crippen molar-refractivity contribution >= 4 is 5.78 Å². The van der Waals surface area contributed by atoms with Crippen LogP contribution in [0.4, 0.5) is 0 Å². The van der Waals surface area contributed by atoms with Crippen molar-refractivity contribution in [2.24, 2.45) is 40.9 Å². The fourth-order valence-corrected chi connectivity index (χ4v) is 8.44. The average Bonchev–Trinajstić information content (AvgIpc) is 3.05. The molecule has 0 spiro atoms. The van der Waals surface area contributed by atoms with Gasteiger partial charge in [0.15, 0.2) is 0 Å². The molecule has 0 radical (unpaired) electrons. The zero-order valence-electron chi connectivity index (χ0n) is 18.1. The fourth-order valence-electron chi connectivity index (χ4n) is 8.44. The third-order valence-electron chi connectivity index (χ3n) is 9.75. The molecule has 3 heteroatoms. The molecule has 8 atom stereocenters. The van der Waals surface area contributed by atoms with Crippen LogP contribution < -0.4 is 0 Å². The number of carbonyl (C=O) groups excluding carboxylic acids is 1. The number of aromatic nitrogens is 1. The van der Waals surface area contributed by atoms with Gasteiger partial charge in [-0.25, -0.2) is 0 Å². The van der Waals surface area contributed by atoms with Crippen LogP contribution in [-0.2, 0) is 11.2 Å². The van der Waals surface area contributed by atoms with Gasteiger partial charge in [0.2, 0.25) is 0 Å². The number of Topliss-reactive ketones (excluding diaryl/α,β-unsaturated/α-hetero) is 1. The topological polar surface area (TPSA) is 50.2 Å². The lowest BCUT2D eigenvalue weighted by atomic mass is 9.49. The van der Waals surface area contributed by atoms with E-state index in [0.29, 0.717) is 12.2 Å². The summed E-state index contributed by atoms with van der Waals surface area (Å²) in [7, 11) is 0. The predicted molar refractivity (Wildman–Crippen MR) is 114 cm³/mol. The van der Waals surface area contributed by atoms with Crippen LogP contribution in [0.15, 0.2) is 24.5 Å². The maximum atomic E-state index is 13.3. The summed E-state index contributed by atoms with van der Waals surface area (Å²) in [6.07, 6.45) is 14.9. The van der Waals surface area contributed by atoms with Gasteiger partial charge < -0.3 is 5.11 Å². The Morgan fingerprint density at radius 3 is 2.55 bits per heavy atom. The Morgan fingerprint density at radius 1 is 1.00 bits per heavy atom. The summed E-state index contributed by atoms with van der Waals surface area (Å²) >= 11 is 0. The Labute approximate surface area is 175 Å². The van der Waals surface area contributed by atoms with E-state index in [1.165, 1.54) is 38.5 Å². The lowest BCUT2D eigenvalue weighted by molar-refractivity contribution is -0.131. The van der Waals surface area contributed by atoms with Crippen molar-refractivity contribution in [3.63, 3.8) is 0 Å². The first-order valence-corrected chi connectivity index (χ1v) is 12.0. The van der Waals surface area contributed by atoms with Crippen LogP contribution >= 0.6 is 0 Å². The second kappa shape index (κ2) is 7.18. The largest absolute Gasteiger partial charge is 0.390 e. The molecule has 5 rings (SSSR count). The number of pyridine rings is 1. The highest BCUT2D eigenvalue weighted by molar-refractivity contribution is 5.84. The van der Waals surface area contributed by atoms with E-state index in [1.807, 2.05) is 19.1 Å². The Hall–Kier alpha value is -1.22. The number of hydrogen-bond donors (Lipinski definition) is 1. The van der Waals surface area contributed by atoms with Crippen LogP contribution in [-0.4, -0.2) is 21.5 Å². The summed E-state index contributed by atoms with van der Waals surface area (Å²) in [6, 6.07) is 3.98. The predicted octanol–water partition coefficient (Wildman–Crippen LogP) is 5.21. The summed E-state index contributed by atoms with van der Waals surface area (Å²) in [4.78, 5) is 17.4. The summed E-state index contributed by atoms with van der Waals surface area (Å²) in [5.41, 5.74) is 0.883. The number of hydrogen-bond acceptors (Lipinski definition) is 3. The Kier molecular flexibility index (Phi) is 4.89. The molecule has 4 aliphatic rings. The Morgan fingerprint density at radius 2 is 1.76 bits per heavy atom. The van der Waals surface area contributed by atoms with Gasteiger partial charge in [-0.1, -0.05) is 6.92 Å². The number of ketones is 1. The zero-order valence-corrected chi connectivity index (χ0v) is 18.1. The quantitative estimate of drug-likeness (QED) is 0.764. The number of nitrogens with zero attached hydrogens (tertiary/aromatic N) is 1. The molecular formula is C26H37NO2. The van der Waals surface area contributed by atoms with Crippen molar-refractivity contribution in [2.45, 2.75) is 83.7 Å². The first-order chi connectivity index (χ1) is 13.9. The van der Waals surface area contributed by atoms with Crippen LogP contribution in [0.2, 0.25) is 0 Å². The monoisotopic (exact) mass is 395 g/mol. The van der Waals surface area contributed by atoms with E-state index in [9.17, 15) is 9.90 Å². The van der Waals surface area contributed by atoms with Crippen molar-refractivity contribution in [2.75, 3.05) is 0 Å². The third kappa shape index (κ3) is 3.38. The second-order valence-corrected chi connectivity index (χ2v) is 11.3. The van der Waals surface area contributed by atoms with Gasteiger partial charge in [-0.3, -0.25) is 9.78 Å². The van der Waals surface area contributed by atoms with E-state index in [1.54, 1.807) is 12.4 Å². The first-order valence-electron chi connectivity index (χ1n) is 12.0. The Bertz CT molecular complexity index is 759. The minimum absolute atomic E-state index is 0.207. The molecule has 0 aliphatic heterocycles. The summed E-state index contributed by atoms with van der Waals surface area (Å²) in [6.45, 7) is 4.50. The van der Waals surface area contributed by atoms with Crippen LogP contribution in [0.1, 0.15) is 77.2 Å². The molecule has 4 aliphatic carbocycles. The molecule has 4 saturated carbocycles. The van der Waals surface area contributed by atoms with Gasteiger partial charge in [0, 0.05) is 24.7 Å². The molecule has 1 aromatic rings. The minimum atomic E-state index is -0.435. The minimum Gasteiger partial charge on any atom is -0.390 e. The molecule has 158 valence electrons. The smallest absolute Gasteiger partial charge is 0.140 e. The molecule has 0 saturated heterocycles. The van der Waals surface area contributed by atoms with Crippen molar-refractivity contribution in [1.82, 2.24) is 4.98 Å². The number of carbonyl (C=O) groups is 1. The van der Waals surface area contributed by atoms with Crippen LogP contribution in [0.5, 0.6) is 0 Å². The molecular weight excluding hydrogens is 358 g/mol. The molecule has 3 nitrogen and oxygen atoms in total. The highest BCUT2D eigenvalue weighted by Crippen LogP contribution is 2.64. The first kappa shape index (κ1) is 19.7. The molecule has 1 aromatic heterocycles. The van der Waals surface area contributed by atoms with E-state index in [-0.39, 0.29) is 11.3 Å². The van der Waals surface area contributed by atoms with Gasteiger partial charge in [0.1, 0.15) is 5.78 Å². The van der Waals surface area contributed by atoms with Gasteiger partial charge in [-0.2, -0.15) is 0 Å². The van der Waals surface area contributed by atoms with Gasteiger partial charge >= 0.3 is 0 Å². The highest BCUT2D eigenvalue weighted by Gasteiger charge is 2.58. The van der Waals surface area contributed by atoms with E-state index < -0.39 is 5.60 Å². The normalized spacial score (nSPS) is 46.4. The number of aliphatic hydroxyl groups is 1. The number of rotatable bonds is 3. The molecule has 0 bridgehead atoms. The standard InChI is InChI=1S/C26H37NO2/c1-25(29)11-7-19-18(16-25)3-4-21-20(19)8-12-26(2)22(21)5-6-23(26)24(28)15-17-9-13-27-14-10-17/h9-10,13-14,18-23,29H,3-8,11-12,15-16H2,1-2H3. The SMILES string of the molecule is CC1(O)CCC2C(CCC3C2CCC2(C)C(C(=O)Cc4ccncc4)CCC32)C1. The van der Waals surface area contributed by atoms with Crippen molar-refractivity contribution in [1.29, 1.82) is 0 Å². The summed E-state index contributed by atoms with van der Waals surface area (Å²) in [5.74, 6) is 4.65. The molecule has 4 fully saturated rings. The molecule has 1 N–H and O–H groups in total. The van der Waals surface area contributed by atoms with Crippen LogP contribution in [0.25, 0.3) is 0 Å². The van der Waals surface area contributed by atoms with Gasteiger partial charge in [0.05, 0.1) is 5.60 Å². The lowest BCUT2D eigenvalue weighted by Crippen LogP contribution is -2.51. The summed E-state index contributed by atoms with van der Waals surface area (Å²) in [5, 5.41) is 10.6. The zero-order chi connectivity index (χ0) is 20.2. The molecule has 1 heterocycles. The Balaban J connectivity index is 1.31. The van der Waals surface area contributed by atoms with Gasteiger partial charge in [-0.05, 0) is 117 Å². The average molecular weight is 396 g/mol. The molecule has 8 unspecified atom stereocenters. The van der Waals surface area contributed by atoms with E-state index in [4.69, 9.17) is 0 Å². The third-order valence-corrected chi connectivity index (χ3v) is 9.75. The van der Waals surface area contributed by atoms with Gasteiger partial charge in [-0.15, -0.1) is 0 Å². The van der Waals surface area contributed by atoms with Crippen LogP contribution in [0, 0.1) is 40.9 Å². The van der Waals surface area contributed by atoms with Crippen molar-refractivity contribution in [3.8, 4) is 0 Å². The van der Waals surface area contributed by atoms with Crippen molar-refractivity contribution < 1.29 is 9.90 Å². The molecule has 0 aromatic carbocycles. The van der Waals surface area contributed by atoms with E-state index >= 15 is 0 Å². The lowest BCUT2D eigenvalue weighted by Gasteiger charge is -2.56. The maximum Gasteiger partial charge on any atom is 0.140 e. The number of fused-ring (bicyclic) bond motifs is 5. The van der Waals surface area contributed by atoms with Crippen LogP contribution in [0.3, 0.4) is 0 Å². The van der Waals surface area contributed by atoms with E-state index in [2.05, 4.69) is 11.9 Å². The fraction of sp³-hybridized carbons (Fsp3) is 0.769. The second-order valence-electron chi connectivity index (χ2n) is 11.3.